The summed E-state index contributed by atoms with van der Waals surface area (Å²) >= 11 is 2.09. The molecule has 88 valence electrons. The van der Waals surface area contributed by atoms with Gasteiger partial charge in [-0.15, -0.1) is 0 Å². The van der Waals surface area contributed by atoms with Gasteiger partial charge in [-0.2, -0.15) is 11.8 Å². The summed E-state index contributed by atoms with van der Waals surface area (Å²) in [7, 11) is 0. The molecule has 16 heavy (non-hydrogen) atoms. The minimum absolute atomic E-state index is 0.903. The second kappa shape index (κ2) is 6.31. The van der Waals surface area contributed by atoms with E-state index in [1.54, 1.807) is 0 Å². The van der Waals surface area contributed by atoms with Crippen LogP contribution in [-0.2, 0) is 13.0 Å². The molecule has 1 nitrogen and oxygen atoms in total. The average Bonchev–Trinajstić information content (AvgIpc) is 2.83. The van der Waals surface area contributed by atoms with E-state index in [0.29, 0.717) is 0 Å². The summed E-state index contributed by atoms with van der Waals surface area (Å²) in [4.78, 5) is 0. The number of aryl methyl sites for hydroxylation is 1. The van der Waals surface area contributed by atoms with Crippen LogP contribution in [0.2, 0.25) is 0 Å². The first-order valence-corrected chi connectivity index (χ1v) is 7.40. The number of nitrogens with one attached hydrogen (secondary N) is 1. The monoisotopic (exact) mass is 235 g/mol. The van der Waals surface area contributed by atoms with Crippen molar-refractivity contribution in [2.24, 2.45) is 5.92 Å². The number of hydrogen-bond acceptors (Lipinski definition) is 2. The van der Waals surface area contributed by atoms with Crippen molar-refractivity contribution in [2.75, 3.05) is 18.1 Å². The highest BCUT2D eigenvalue weighted by molar-refractivity contribution is 7.99. The molecule has 1 aliphatic rings. The fraction of sp³-hybridized carbons (Fsp3) is 0.571. The molecule has 2 rings (SSSR count). The summed E-state index contributed by atoms with van der Waals surface area (Å²) < 4.78 is 0. The van der Waals surface area contributed by atoms with Crippen LogP contribution in [0.25, 0.3) is 0 Å². The molecule has 2 heteroatoms. The van der Waals surface area contributed by atoms with E-state index in [1.165, 1.54) is 35.6 Å². The third kappa shape index (κ3) is 3.53. The molecule has 1 aliphatic heterocycles. The van der Waals surface area contributed by atoms with Crippen molar-refractivity contribution in [2.45, 2.75) is 26.3 Å². The Morgan fingerprint density at radius 2 is 2.00 bits per heavy atom. The second-order valence-corrected chi connectivity index (χ2v) is 5.68. The second-order valence-electron chi connectivity index (χ2n) is 4.53. The summed E-state index contributed by atoms with van der Waals surface area (Å²) in [6.45, 7) is 4.40. The van der Waals surface area contributed by atoms with E-state index < -0.39 is 0 Å². The van der Waals surface area contributed by atoms with Crippen LogP contribution in [0.1, 0.15) is 24.5 Å². The van der Waals surface area contributed by atoms with Gasteiger partial charge in [0.2, 0.25) is 0 Å². The van der Waals surface area contributed by atoms with Crippen molar-refractivity contribution >= 4 is 11.8 Å². The maximum absolute atomic E-state index is 3.57. The summed E-state index contributed by atoms with van der Waals surface area (Å²) in [5.41, 5.74) is 2.83. The minimum atomic E-state index is 0.903. The van der Waals surface area contributed by atoms with Crippen molar-refractivity contribution in [3.8, 4) is 0 Å². The topological polar surface area (TPSA) is 12.0 Å². The zero-order valence-electron chi connectivity index (χ0n) is 10.0. The number of hydrogen-bond donors (Lipinski definition) is 1. The molecule has 1 saturated heterocycles. The van der Waals surface area contributed by atoms with Gasteiger partial charge in [0.1, 0.15) is 0 Å². The van der Waals surface area contributed by atoms with Crippen LogP contribution in [0, 0.1) is 5.92 Å². The normalized spacial score (nSPS) is 20.2. The number of benzene rings is 1. The lowest BCUT2D eigenvalue weighted by Crippen LogP contribution is -2.22. The fourth-order valence-corrected chi connectivity index (χ4v) is 3.34. The largest absolute Gasteiger partial charge is 0.312 e. The Balaban J connectivity index is 1.71. The average molecular weight is 235 g/mol. The van der Waals surface area contributed by atoms with Crippen LogP contribution >= 0.6 is 11.8 Å². The van der Waals surface area contributed by atoms with Crippen molar-refractivity contribution in [3.05, 3.63) is 35.4 Å². The van der Waals surface area contributed by atoms with E-state index in [1.807, 2.05) is 0 Å². The first kappa shape index (κ1) is 12.0. The standard InChI is InChI=1S/C14H21NS/c1-2-12-3-5-13(6-4-12)9-15-10-14-7-8-16-11-14/h3-6,14-15H,2,7-11H2,1H3. The van der Waals surface area contributed by atoms with Crippen molar-refractivity contribution in [1.82, 2.24) is 5.32 Å². The Morgan fingerprint density at radius 3 is 2.62 bits per heavy atom. The van der Waals surface area contributed by atoms with E-state index in [0.717, 1.165) is 18.9 Å². The van der Waals surface area contributed by atoms with Crippen molar-refractivity contribution in [1.29, 1.82) is 0 Å². The summed E-state index contributed by atoms with van der Waals surface area (Å²) in [5, 5.41) is 3.57. The quantitative estimate of drug-likeness (QED) is 0.841. The van der Waals surface area contributed by atoms with Crippen LogP contribution in [0.3, 0.4) is 0 Å². The Kier molecular flexibility index (Phi) is 4.73. The van der Waals surface area contributed by atoms with Gasteiger partial charge in [0.25, 0.3) is 0 Å². The van der Waals surface area contributed by atoms with Gasteiger partial charge in [-0.25, -0.2) is 0 Å². The first-order chi connectivity index (χ1) is 7.88. The molecule has 1 heterocycles. The maximum Gasteiger partial charge on any atom is 0.0205 e. The van der Waals surface area contributed by atoms with Crippen LogP contribution < -0.4 is 5.32 Å². The number of thioether (sulfide) groups is 1. The summed E-state index contributed by atoms with van der Waals surface area (Å²) in [6.07, 6.45) is 2.53. The van der Waals surface area contributed by atoms with E-state index in [9.17, 15) is 0 Å². The van der Waals surface area contributed by atoms with Crippen LogP contribution in [0.15, 0.2) is 24.3 Å². The van der Waals surface area contributed by atoms with Gasteiger partial charge >= 0.3 is 0 Å². The Morgan fingerprint density at radius 1 is 1.25 bits per heavy atom. The van der Waals surface area contributed by atoms with Gasteiger partial charge in [-0.3, -0.25) is 0 Å². The highest BCUT2D eigenvalue weighted by Crippen LogP contribution is 2.22. The van der Waals surface area contributed by atoms with Crippen LogP contribution in [0.5, 0.6) is 0 Å². The molecule has 0 aliphatic carbocycles. The molecule has 1 aromatic rings. The Hall–Kier alpha value is -0.470. The molecule has 0 saturated carbocycles. The molecule has 0 bridgehead atoms. The first-order valence-electron chi connectivity index (χ1n) is 6.24. The maximum atomic E-state index is 3.57. The zero-order chi connectivity index (χ0) is 11.2. The number of rotatable bonds is 5. The molecule has 1 unspecified atom stereocenters. The van der Waals surface area contributed by atoms with Crippen LogP contribution in [-0.4, -0.2) is 18.1 Å². The molecular weight excluding hydrogens is 214 g/mol. The lowest BCUT2D eigenvalue weighted by molar-refractivity contribution is 0.523. The smallest absolute Gasteiger partial charge is 0.0205 e. The van der Waals surface area contributed by atoms with E-state index in [4.69, 9.17) is 0 Å². The molecule has 0 spiro atoms. The molecular formula is C14H21NS. The van der Waals surface area contributed by atoms with Crippen LogP contribution in [0.4, 0.5) is 0 Å². The predicted molar refractivity (Wildman–Crippen MR) is 73.0 cm³/mol. The highest BCUT2D eigenvalue weighted by Gasteiger charge is 2.14. The molecule has 0 amide bonds. The van der Waals surface area contributed by atoms with E-state index in [-0.39, 0.29) is 0 Å². The van der Waals surface area contributed by atoms with Gasteiger partial charge in [0.15, 0.2) is 0 Å². The van der Waals surface area contributed by atoms with Crippen molar-refractivity contribution in [3.63, 3.8) is 0 Å². The lowest BCUT2D eigenvalue weighted by atomic mass is 10.1. The van der Waals surface area contributed by atoms with E-state index in [2.05, 4.69) is 48.3 Å². The van der Waals surface area contributed by atoms with E-state index >= 15 is 0 Å². The Labute approximate surface area is 103 Å². The fourth-order valence-electron chi connectivity index (χ4n) is 2.06. The van der Waals surface area contributed by atoms with Gasteiger partial charge in [-0.1, -0.05) is 31.2 Å². The SMILES string of the molecule is CCc1ccc(CNCC2CCSC2)cc1. The summed E-state index contributed by atoms with van der Waals surface area (Å²) in [5.74, 6) is 3.61. The molecule has 1 fully saturated rings. The molecule has 0 radical (unpaired) electrons. The summed E-state index contributed by atoms with van der Waals surface area (Å²) in [6, 6.07) is 8.97. The Bertz CT molecular complexity index is 301. The third-order valence-corrected chi connectivity index (χ3v) is 4.45. The minimum Gasteiger partial charge on any atom is -0.312 e. The van der Waals surface area contributed by atoms with Gasteiger partial charge in [-0.05, 0) is 47.9 Å². The molecule has 1 atom stereocenters. The van der Waals surface area contributed by atoms with Crippen molar-refractivity contribution < 1.29 is 0 Å². The van der Waals surface area contributed by atoms with Gasteiger partial charge in [0.05, 0.1) is 0 Å². The lowest BCUT2D eigenvalue weighted by Gasteiger charge is -2.10. The molecule has 0 aromatic heterocycles. The third-order valence-electron chi connectivity index (χ3n) is 3.22. The zero-order valence-corrected chi connectivity index (χ0v) is 10.9. The van der Waals surface area contributed by atoms with Gasteiger partial charge < -0.3 is 5.32 Å². The predicted octanol–water partition coefficient (Wildman–Crippen LogP) is 3.09. The van der Waals surface area contributed by atoms with Gasteiger partial charge in [0, 0.05) is 6.54 Å². The highest BCUT2D eigenvalue weighted by atomic mass is 32.2. The molecule has 1 aromatic carbocycles. The molecule has 1 N–H and O–H groups in total.